The number of hydrogen-bond donors (Lipinski definition) is 1. The van der Waals surface area contributed by atoms with E-state index in [-0.39, 0.29) is 23.8 Å². The number of fused-ring (bicyclic) bond motifs is 7. The SMILES string of the molecule is Cc1cc(Cl)cc2c1NC(=O)C21C2C(=O)N(c3cccc(Cl)c3C)C(=O)C2C2CCCN21. The number of nitrogens with one attached hydrogen (secondary N) is 1. The lowest BCUT2D eigenvalue weighted by Crippen LogP contribution is -2.54. The van der Waals surface area contributed by atoms with Gasteiger partial charge >= 0.3 is 0 Å². The summed E-state index contributed by atoms with van der Waals surface area (Å²) in [6.45, 7) is 4.35. The van der Waals surface area contributed by atoms with Crippen molar-refractivity contribution < 1.29 is 14.4 Å². The van der Waals surface area contributed by atoms with Gasteiger partial charge in [0.15, 0.2) is 0 Å². The molecule has 2 aromatic carbocycles. The second-order valence-electron chi connectivity index (χ2n) is 9.17. The van der Waals surface area contributed by atoms with Crippen LogP contribution >= 0.6 is 23.2 Å². The summed E-state index contributed by atoms with van der Waals surface area (Å²) in [6, 6.07) is 8.62. The van der Waals surface area contributed by atoms with Crippen molar-refractivity contribution in [2.75, 3.05) is 16.8 Å². The zero-order valence-electron chi connectivity index (χ0n) is 17.6. The number of hydrogen-bond acceptors (Lipinski definition) is 4. The summed E-state index contributed by atoms with van der Waals surface area (Å²) >= 11 is 12.7. The number of anilines is 2. The minimum Gasteiger partial charge on any atom is -0.324 e. The first kappa shape index (κ1) is 20.2. The van der Waals surface area contributed by atoms with Gasteiger partial charge in [0.25, 0.3) is 0 Å². The summed E-state index contributed by atoms with van der Waals surface area (Å²) in [4.78, 5) is 44.9. The summed E-state index contributed by atoms with van der Waals surface area (Å²) in [5.41, 5.74) is 2.17. The molecule has 6 nitrogen and oxygen atoms in total. The lowest BCUT2D eigenvalue weighted by atomic mass is 9.75. The Bertz CT molecular complexity index is 1250. The molecular weight excluding hydrogens is 449 g/mol. The Morgan fingerprint density at radius 3 is 2.66 bits per heavy atom. The van der Waals surface area contributed by atoms with Crippen LogP contribution in [0.3, 0.4) is 0 Å². The first-order chi connectivity index (χ1) is 15.3. The van der Waals surface area contributed by atoms with Crippen LogP contribution < -0.4 is 10.2 Å². The van der Waals surface area contributed by atoms with Crippen LogP contribution in [0.1, 0.15) is 29.5 Å². The highest BCUT2D eigenvalue weighted by Gasteiger charge is 2.74. The van der Waals surface area contributed by atoms with Gasteiger partial charge in [-0.15, -0.1) is 0 Å². The number of amides is 3. The number of nitrogens with zero attached hydrogens (tertiary/aromatic N) is 2. The molecule has 4 aliphatic rings. The van der Waals surface area contributed by atoms with Crippen LogP contribution in [0.5, 0.6) is 0 Å². The maximum Gasteiger partial charge on any atom is 0.250 e. The van der Waals surface area contributed by atoms with E-state index in [4.69, 9.17) is 23.2 Å². The molecule has 1 spiro atoms. The van der Waals surface area contributed by atoms with E-state index in [0.717, 1.165) is 18.4 Å². The van der Waals surface area contributed by atoms with Crippen molar-refractivity contribution in [3.63, 3.8) is 0 Å². The molecular formula is C24H21Cl2N3O3. The molecule has 4 unspecified atom stereocenters. The van der Waals surface area contributed by atoms with E-state index in [2.05, 4.69) is 10.2 Å². The lowest BCUT2D eigenvalue weighted by Gasteiger charge is -2.37. The van der Waals surface area contributed by atoms with Gasteiger partial charge in [-0.1, -0.05) is 29.3 Å². The monoisotopic (exact) mass is 469 g/mol. The van der Waals surface area contributed by atoms with Gasteiger partial charge in [-0.3, -0.25) is 19.3 Å². The summed E-state index contributed by atoms with van der Waals surface area (Å²) < 4.78 is 0. The van der Waals surface area contributed by atoms with Gasteiger partial charge in [0.1, 0.15) is 5.54 Å². The predicted molar refractivity (Wildman–Crippen MR) is 122 cm³/mol. The fourth-order valence-electron chi connectivity index (χ4n) is 6.51. The molecule has 3 saturated heterocycles. The maximum atomic E-state index is 14.0. The molecule has 6 rings (SSSR count). The van der Waals surface area contributed by atoms with Gasteiger partial charge in [-0.25, -0.2) is 4.90 Å². The van der Waals surface area contributed by atoms with Crippen molar-refractivity contribution in [2.24, 2.45) is 11.8 Å². The van der Waals surface area contributed by atoms with Crippen molar-refractivity contribution >= 4 is 52.3 Å². The molecule has 164 valence electrons. The van der Waals surface area contributed by atoms with Gasteiger partial charge in [0.05, 0.1) is 17.5 Å². The highest BCUT2D eigenvalue weighted by atomic mass is 35.5. The Kier molecular flexibility index (Phi) is 4.15. The second-order valence-corrected chi connectivity index (χ2v) is 10.0. The third-order valence-corrected chi connectivity index (χ3v) is 8.37. The molecule has 2 aromatic rings. The van der Waals surface area contributed by atoms with Crippen molar-refractivity contribution in [3.05, 3.63) is 57.1 Å². The quantitative estimate of drug-likeness (QED) is 0.639. The van der Waals surface area contributed by atoms with Gasteiger partial charge in [-0.2, -0.15) is 0 Å². The molecule has 0 bridgehead atoms. The molecule has 4 aliphatic heterocycles. The Balaban J connectivity index is 1.59. The standard InChI is InChI=1S/C24H21Cl2N3O3/c1-11-9-13(25)10-14-20(11)27-23(32)24(14)19-18(17-7-4-8-28(17)24)21(30)29(22(19)31)16-6-3-5-15(26)12(16)2/h3,5-6,9-10,17-19H,4,7-8H2,1-2H3,(H,27,32). The fraction of sp³-hybridized carbons (Fsp3) is 0.375. The van der Waals surface area contributed by atoms with Crippen LogP contribution in [0.4, 0.5) is 11.4 Å². The normalized spacial score (nSPS) is 30.8. The molecule has 1 N–H and O–H groups in total. The fourth-order valence-corrected chi connectivity index (χ4v) is 6.95. The van der Waals surface area contributed by atoms with Crippen molar-refractivity contribution in [3.8, 4) is 0 Å². The minimum absolute atomic E-state index is 0.170. The summed E-state index contributed by atoms with van der Waals surface area (Å²) in [5, 5.41) is 4.02. The van der Waals surface area contributed by atoms with Crippen LogP contribution in [0.2, 0.25) is 10.0 Å². The molecule has 4 atom stereocenters. The molecule has 0 saturated carbocycles. The van der Waals surface area contributed by atoms with E-state index in [9.17, 15) is 14.4 Å². The van der Waals surface area contributed by atoms with Crippen molar-refractivity contribution in [1.29, 1.82) is 0 Å². The van der Waals surface area contributed by atoms with Gasteiger partial charge in [0, 0.05) is 27.3 Å². The number of halogens is 2. The molecule has 3 amide bonds. The average Bonchev–Trinajstić information content (AvgIpc) is 3.44. The van der Waals surface area contributed by atoms with Crippen LogP contribution in [0.15, 0.2) is 30.3 Å². The van der Waals surface area contributed by atoms with Crippen LogP contribution in [0.25, 0.3) is 0 Å². The summed E-state index contributed by atoms with van der Waals surface area (Å²) in [5.74, 6) is -2.24. The molecule has 32 heavy (non-hydrogen) atoms. The third-order valence-electron chi connectivity index (χ3n) is 7.74. The highest BCUT2D eigenvalue weighted by molar-refractivity contribution is 6.33. The number of imide groups is 1. The Hall–Kier alpha value is -2.41. The number of benzene rings is 2. The lowest BCUT2D eigenvalue weighted by molar-refractivity contribution is -0.135. The topological polar surface area (TPSA) is 69.7 Å². The molecule has 8 heteroatoms. The number of carbonyl (C=O) groups is 3. The van der Waals surface area contributed by atoms with Crippen LogP contribution in [-0.4, -0.2) is 35.2 Å². The molecule has 4 heterocycles. The second kappa shape index (κ2) is 6.56. The minimum atomic E-state index is -1.23. The van der Waals surface area contributed by atoms with Crippen molar-refractivity contribution in [1.82, 2.24) is 4.90 Å². The number of aryl methyl sites for hydroxylation is 1. The summed E-state index contributed by atoms with van der Waals surface area (Å²) in [6.07, 6.45) is 1.64. The first-order valence-electron chi connectivity index (χ1n) is 10.8. The Labute approximate surface area is 195 Å². The maximum absolute atomic E-state index is 14.0. The average molecular weight is 470 g/mol. The van der Waals surface area contributed by atoms with E-state index < -0.39 is 17.4 Å². The van der Waals surface area contributed by atoms with E-state index >= 15 is 0 Å². The van der Waals surface area contributed by atoms with Gasteiger partial charge < -0.3 is 5.32 Å². The Morgan fingerprint density at radius 1 is 1.09 bits per heavy atom. The molecule has 3 fully saturated rings. The van der Waals surface area contributed by atoms with E-state index in [1.807, 2.05) is 6.92 Å². The van der Waals surface area contributed by atoms with E-state index in [1.54, 1.807) is 37.3 Å². The largest absolute Gasteiger partial charge is 0.324 e. The first-order valence-corrected chi connectivity index (χ1v) is 11.6. The number of rotatable bonds is 1. The highest BCUT2D eigenvalue weighted by Crippen LogP contribution is 2.61. The molecule has 0 aliphatic carbocycles. The smallest absolute Gasteiger partial charge is 0.250 e. The van der Waals surface area contributed by atoms with E-state index in [1.165, 1.54) is 4.90 Å². The van der Waals surface area contributed by atoms with Crippen molar-refractivity contribution in [2.45, 2.75) is 38.3 Å². The zero-order chi connectivity index (χ0) is 22.5. The predicted octanol–water partition coefficient (Wildman–Crippen LogP) is 4.04. The summed E-state index contributed by atoms with van der Waals surface area (Å²) in [7, 11) is 0. The van der Waals surface area contributed by atoms with E-state index in [0.29, 0.717) is 39.1 Å². The molecule has 0 aromatic heterocycles. The number of carbonyl (C=O) groups excluding carboxylic acids is 3. The van der Waals surface area contributed by atoms with Gasteiger partial charge in [0.2, 0.25) is 17.7 Å². The van der Waals surface area contributed by atoms with Crippen LogP contribution in [0, 0.1) is 25.7 Å². The van der Waals surface area contributed by atoms with Crippen LogP contribution in [-0.2, 0) is 19.9 Å². The zero-order valence-corrected chi connectivity index (χ0v) is 19.1. The Morgan fingerprint density at radius 2 is 1.88 bits per heavy atom. The molecule has 0 radical (unpaired) electrons. The third kappa shape index (κ3) is 2.23. The van der Waals surface area contributed by atoms with Gasteiger partial charge in [-0.05, 0) is 68.6 Å².